The monoisotopic (exact) mass is 283 g/mol. The van der Waals surface area contributed by atoms with Gasteiger partial charge in [-0.3, -0.25) is 4.55 Å². The van der Waals surface area contributed by atoms with Crippen LogP contribution in [-0.4, -0.2) is 69.1 Å². The standard InChI is InChI=1S/C11H23NO4S.H2O/c1-11(2)10-16-8-7-12(3,4)6-5-9-17(13,14)15;/h1,5-10H2,2-4H3;1H2. The molecule has 0 aliphatic heterocycles. The van der Waals surface area contributed by atoms with Gasteiger partial charge in [0, 0.05) is 6.42 Å². The summed E-state index contributed by atoms with van der Waals surface area (Å²) in [6.07, 6.45) is 0.451. The maximum absolute atomic E-state index is 10.6. The van der Waals surface area contributed by atoms with Gasteiger partial charge in [-0.2, -0.15) is 8.42 Å². The Balaban J connectivity index is 0. The molecule has 0 aliphatic carbocycles. The Hall–Kier alpha value is -0.470. The van der Waals surface area contributed by atoms with Crippen molar-refractivity contribution in [3.05, 3.63) is 12.2 Å². The van der Waals surface area contributed by atoms with Crippen LogP contribution in [0.1, 0.15) is 13.3 Å². The van der Waals surface area contributed by atoms with Crippen molar-refractivity contribution < 1.29 is 27.7 Å². The highest BCUT2D eigenvalue weighted by molar-refractivity contribution is 7.85. The Bertz CT molecular complexity index is 337. The minimum atomic E-state index is -3.84. The molecule has 0 heterocycles. The van der Waals surface area contributed by atoms with E-state index in [1.54, 1.807) is 0 Å². The minimum Gasteiger partial charge on any atom is -0.870 e. The zero-order valence-electron chi connectivity index (χ0n) is 11.4. The van der Waals surface area contributed by atoms with Crippen LogP contribution in [0.3, 0.4) is 0 Å². The molecule has 6 nitrogen and oxygen atoms in total. The second-order valence-electron chi connectivity index (χ2n) is 5.03. The molecule has 0 aromatic carbocycles. The summed E-state index contributed by atoms with van der Waals surface area (Å²) < 4.78 is 35.8. The van der Waals surface area contributed by atoms with Gasteiger partial charge in [0.1, 0.15) is 6.54 Å². The molecule has 7 heteroatoms. The molecule has 0 rings (SSSR count). The lowest BCUT2D eigenvalue weighted by Gasteiger charge is -2.29. The maximum atomic E-state index is 10.6. The van der Waals surface area contributed by atoms with Crippen molar-refractivity contribution in [3.8, 4) is 0 Å². The van der Waals surface area contributed by atoms with Gasteiger partial charge in [-0.1, -0.05) is 12.2 Å². The number of nitrogens with zero attached hydrogens (tertiary/aromatic N) is 1. The molecule has 0 spiro atoms. The molecule has 110 valence electrons. The maximum Gasteiger partial charge on any atom is 0.265 e. The highest BCUT2D eigenvalue weighted by Crippen LogP contribution is 2.01. The molecule has 0 unspecified atom stereocenters. The first-order valence-corrected chi connectivity index (χ1v) is 7.23. The van der Waals surface area contributed by atoms with Gasteiger partial charge in [0.25, 0.3) is 10.1 Å². The van der Waals surface area contributed by atoms with Gasteiger partial charge in [0.2, 0.25) is 0 Å². The second-order valence-corrected chi connectivity index (χ2v) is 6.60. The molecular weight excluding hydrogens is 258 g/mol. The van der Waals surface area contributed by atoms with Crippen molar-refractivity contribution in [1.82, 2.24) is 0 Å². The number of ether oxygens (including phenoxy) is 1. The number of rotatable bonds is 9. The van der Waals surface area contributed by atoms with Crippen LogP contribution in [0.15, 0.2) is 12.2 Å². The lowest BCUT2D eigenvalue weighted by atomic mass is 10.3. The molecule has 0 atom stereocenters. The molecular formula is C11H25NO5S. The van der Waals surface area contributed by atoms with E-state index < -0.39 is 10.1 Å². The van der Waals surface area contributed by atoms with Crippen LogP contribution >= 0.6 is 0 Å². The van der Waals surface area contributed by atoms with Crippen molar-refractivity contribution in [2.24, 2.45) is 0 Å². The predicted molar refractivity (Wildman–Crippen MR) is 70.4 cm³/mol. The average molecular weight is 283 g/mol. The highest BCUT2D eigenvalue weighted by atomic mass is 32.2. The van der Waals surface area contributed by atoms with Crippen LogP contribution in [0.25, 0.3) is 0 Å². The Morgan fingerprint density at radius 2 is 1.89 bits per heavy atom. The first-order valence-electron chi connectivity index (χ1n) is 5.62. The smallest absolute Gasteiger partial charge is 0.265 e. The number of likely N-dealkylation sites (N-methyl/N-ethyl adjacent to an activating group) is 1. The first-order chi connectivity index (χ1) is 7.62. The van der Waals surface area contributed by atoms with E-state index in [2.05, 4.69) is 6.58 Å². The first kappa shape index (κ1) is 19.9. The van der Waals surface area contributed by atoms with Gasteiger partial charge in [-0.25, -0.2) is 0 Å². The normalized spacial score (nSPS) is 12.0. The van der Waals surface area contributed by atoms with E-state index in [0.717, 1.165) is 12.1 Å². The van der Waals surface area contributed by atoms with Crippen LogP contribution in [0, 0.1) is 0 Å². The van der Waals surface area contributed by atoms with E-state index in [9.17, 15) is 8.42 Å². The zero-order valence-corrected chi connectivity index (χ0v) is 12.2. The SMILES string of the molecule is C=C(C)COCC[N+](C)(C)CCCS(=O)(=O)O.[OH-]. The molecule has 0 aliphatic rings. The van der Waals surface area contributed by atoms with Crippen LogP contribution in [0.2, 0.25) is 0 Å². The van der Waals surface area contributed by atoms with E-state index in [4.69, 9.17) is 9.29 Å². The van der Waals surface area contributed by atoms with Crippen molar-refractivity contribution in [1.29, 1.82) is 0 Å². The fraction of sp³-hybridized carbons (Fsp3) is 0.818. The summed E-state index contributed by atoms with van der Waals surface area (Å²) in [6, 6.07) is 0. The van der Waals surface area contributed by atoms with Gasteiger partial charge < -0.3 is 14.7 Å². The van der Waals surface area contributed by atoms with E-state index >= 15 is 0 Å². The Morgan fingerprint density at radius 3 is 2.33 bits per heavy atom. The fourth-order valence-corrected chi connectivity index (χ4v) is 1.84. The van der Waals surface area contributed by atoms with Crippen LogP contribution in [0.5, 0.6) is 0 Å². The molecule has 18 heavy (non-hydrogen) atoms. The van der Waals surface area contributed by atoms with Gasteiger partial charge in [-0.05, 0) is 6.92 Å². The summed E-state index contributed by atoms with van der Waals surface area (Å²) in [5.41, 5.74) is 0.988. The zero-order chi connectivity index (χ0) is 13.5. The number of quaternary nitrogens is 1. The highest BCUT2D eigenvalue weighted by Gasteiger charge is 2.16. The lowest BCUT2D eigenvalue weighted by molar-refractivity contribution is -0.890. The summed E-state index contributed by atoms with van der Waals surface area (Å²) in [6.45, 7) is 8.32. The number of hydrogen-bond donors (Lipinski definition) is 1. The molecule has 2 N–H and O–H groups in total. The van der Waals surface area contributed by atoms with Crippen molar-refractivity contribution >= 4 is 10.1 Å². The van der Waals surface area contributed by atoms with Crippen LogP contribution in [-0.2, 0) is 14.9 Å². The fourth-order valence-electron chi connectivity index (χ4n) is 1.34. The molecule has 0 saturated heterocycles. The third kappa shape index (κ3) is 13.6. The summed E-state index contributed by atoms with van der Waals surface area (Å²) in [4.78, 5) is 0. The molecule has 0 amide bonds. The van der Waals surface area contributed by atoms with E-state index in [0.29, 0.717) is 30.7 Å². The summed E-state index contributed by atoms with van der Waals surface area (Å²) in [5, 5.41) is 0. The molecule has 0 saturated carbocycles. The third-order valence-corrected chi connectivity index (χ3v) is 3.16. The summed E-state index contributed by atoms with van der Waals surface area (Å²) in [7, 11) is 0.180. The lowest BCUT2D eigenvalue weighted by Crippen LogP contribution is -2.43. The van der Waals surface area contributed by atoms with Crippen LogP contribution in [0.4, 0.5) is 0 Å². The quantitative estimate of drug-likeness (QED) is 0.292. The minimum absolute atomic E-state index is 0. The molecule has 0 aromatic rings. The van der Waals surface area contributed by atoms with Gasteiger partial charge in [-0.15, -0.1) is 0 Å². The van der Waals surface area contributed by atoms with E-state index in [1.165, 1.54) is 0 Å². The van der Waals surface area contributed by atoms with Gasteiger partial charge in [0.15, 0.2) is 0 Å². The van der Waals surface area contributed by atoms with Gasteiger partial charge >= 0.3 is 0 Å². The van der Waals surface area contributed by atoms with Crippen LogP contribution < -0.4 is 0 Å². The Labute approximate surface area is 110 Å². The predicted octanol–water partition coefficient (Wildman–Crippen LogP) is 0.757. The molecule has 0 radical (unpaired) electrons. The largest absolute Gasteiger partial charge is 0.870 e. The van der Waals surface area contributed by atoms with E-state index in [1.807, 2.05) is 21.0 Å². The van der Waals surface area contributed by atoms with Crippen molar-refractivity contribution in [2.75, 3.05) is 46.2 Å². The molecule has 0 aromatic heterocycles. The summed E-state index contributed by atoms with van der Waals surface area (Å²) >= 11 is 0. The number of hydrogen-bond acceptors (Lipinski definition) is 4. The Kier molecular flexibility index (Phi) is 9.49. The van der Waals surface area contributed by atoms with Gasteiger partial charge in [0.05, 0.1) is 39.6 Å². The van der Waals surface area contributed by atoms with Crippen molar-refractivity contribution in [3.63, 3.8) is 0 Å². The topological polar surface area (TPSA) is 93.6 Å². The molecule has 0 fully saturated rings. The second kappa shape index (κ2) is 8.60. The summed E-state index contributed by atoms with van der Waals surface area (Å²) in [5.74, 6) is -0.179. The van der Waals surface area contributed by atoms with Crippen molar-refractivity contribution in [2.45, 2.75) is 13.3 Å². The van der Waals surface area contributed by atoms with E-state index in [-0.39, 0.29) is 11.2 Å². The molecule has 0 bridgehead atoms. The Morgan fingerprint density at radius 1 is 1.33 bits per heavy atom. The third-order valence-electron chi connectivity index (χ3n) is 2.36. The average Bonchev–Trinajstić information content (AvgIpc) is 2.09.